The van der Waals surface area contributed by atoms with Crippen molar-refractivity contribution < 1.29 is 9.90 Å². The highest BCUT2D eigenvalue weighted by Crippen LogP contribution is 2.51. The van der Waals surface area contributed by atoms with Gasteiger partial charge in [-0.1, -0.05) is 53.6 Å². The van der Waals surface area contributed by atoms with Crippen molar-refractivity contribution in [1.82, 2.24) is 0 Å². The first kappa shape index (κ1) is 15.6. The van der Waals surface area contributed by atoms with Crippen LogP contribution in [-0.2, 0) is 0 Å². The van der Waals surface area contributed by atoms with E-state index in [9.17, 15) is 9.90 Å². The highest BCUT2D eigenvalue weighted by molar-refractivity contribution is 6.35. The molecule has 0 amide bonds. The number of carboxylic acid groups (broad SMARTS) is 1. The maximum absolute atomic E-state index is 11.6. The highest BCUT2D eigenvalue weighted by Gasteiger charge is 2.39. The zero-order chi connectivity index (χ0) is 16.8. The molecule has 122 valence electrons. The van der Waals surface area contributed by atoms with Gasteiger partial charge in [-0.25, -0.2) is 4.79 Å². The van der Waals surface area contributed by atoms with Gasteiger partial charge in [0.25, 0.3) is 0 Å². The van der Waals surface area contributed by atoms with Gasteiger partial charge in [0.05, 0.1) is 17.3 Å². The maximum Gasteiger partial charge on any atom is 0.337 e. The van der Waals surface area contributed by atoms with E-state index >= 15 is 0 Å². The molecular weight excluding hydrogens is 345 g/mol. The standard InChI is InChI=1S/C19H15Cl2NO2/c20-10-7-8-14(16(21)9-10)17-12-4-1-3-11(12)13-5-2-6-15(19(23)24)18(13)22-17/h1-3,5-9,11-12,17,22H,4H2,(H,23,24). The molecule has 5 heteroatoms. The quantitative estimate of drug-likeness (QED) is 0.694. The predicted molar refractivity (Wildman–Crippen MR) is 96.2 cm³/mol. The minimum Gasteiger partial charge on any atom is -0.478 e. The number of allylic oxidation sites excluding steroid dienone is 2. The smallest absolute Gasteiger partial charge is 0.337 e. The lowest BCUT2D eigenvalue weighted by Crippen LogP contribution is -2.30. The fraction of sp³-hybridized carbons (Fsp3) is 0.211. The normalized spacial score (nSPS) is 24.2. The number of halogens is 2. The van der Waals surface area contributed by atoms with Crippen molar-refractivity contribution in [2.45, 2.75) is 18.4 Å². The second kappa shape index (κ2) is 5.83. The predicted octanol–water partition coefficient (Wildman–Crippen LogP) is 5.52. The molecule has 1 aliphatic carbocycles. The molecule has 0 aromatic heterocycles. The number of hydrogen-bond acceptors (Lipinski definition) is 2. The van der Waals surface area contributed by atoms with Gasteiger partial charge in [0.2, 0.25) is 0 Å². The number of carbonyl (C=O) groups is 1. The van der Waals surface area contributed by atoms with Crippen LogP contribution in [-0.4, -0.2) is 11.1 Å². The van der Waals surface area contributed by atoms with Crippen LogP contribution in [0.2, 0.25) is 10.0 Å². The summed E-state index contributed by atoms with van der Waals surface area (Å²) in [5, 5.41) is 14.2. The zero-order valence-electron chi connectivity index (χ0n) is 12.7. The Bertz CT molecular complexity index is 862. The summed E-state index contributed by atoms with van der Waals surface area (Å²) in [5.41, 5.74) is 2.97. The Labute approximate surface area is 149 Å². The van der Waals surface area contributed by atoms with Crippen molar-refractivity contribution in [3.8, 4) is 0 Å². The summed E-state index contributed by atoms with van der Waals surface area (Å²) >= 11 is 12.4. The molecule has 2 aromatic carbocycles. The van der Waals surface area contributed by atoms with Crippen molar-refractivity contribution in [3.63, 3.8) is 0 Å². The SMILES string of the molecule is O=C(O)c1cccc2c1NC(c1ccc(Cl)cc1Cl)C1CC=CC21. The molecule has 2 aromatic rings. The first-order valence-electron chi connectivity index (χ1n) is 7.80. The van der Waals surface area contributed by atoms with Crippen LogP contribution in [0, 0.1) is 5.92 Å². The van der Waals surface area contributed by atoms with Gasteiger partial charge in [-0.2, -0.15) is 0 Å². The second-order valence-corrected chi connectivity index (χ2v) is 7.06. The third-order valence-electron chi connectivity index (χ3n) is 4.92. The Balaban J connectivity index is 1.86. The number of aromatic carboxylic acids is 1. The number of anilines is 1. The summed E-state index contributed by atoms with van der Waals surface area (Å²) in [6.45, 7) is 0. The summed E-state index contributed by atoms with van der Waals surface area (Å²) < 4.78 is 0. The summed E-state index contributed by atoms with van der Waals surface area (Å²) in [4.78, 5) is 11.6. The van der Waals surface area contributed by atoms with Gasteiger partial charge in [0.1, 0.15) is 0 Å². The summed E-state index contributed by atoms with van der Waals surface area (Å²) in [6.07, 6.45) is 5.27. The third kappa shape index (κ3) is 2.40. The van der Waals surface area contributed by atoms with Crippen molar-refractivity contribution >= 4 is 34.9 Å². The number of nitrogens with one attached hydrogen (secondary N) is 1. The van der Waals surface area contributed by atoms with Crippen molar-refractivity contribution in [1.29, 1.82) is 0 Å². The third-order valence-corrected chi connectivity index (χ3v) is 5.49. The van der Waals surface area contributed by atoms with Crippen LogP contribution in [0.4, 0.5) is 5.69 Å². The van der Waals surface area contributed by atoms with E-state index in [1.165, 1.54) is 0 Å². The average Bonchev–Trinajstić information content (AvgIpc) is 3.03. The van der Waals surface area contributed by atoms with Crippen LogP contribution >= 0.6 is 23.2 Å². The average molecular weight is 360 g/mol. The number of fused-ring (bicyclic) bond motifs is 3. The fourth-order valence-corrected chi connectivity index (χ4v) is 4.39. The van der Waals surface area contributed by atoms with E-state index in [0.717, 1.165) is 17.5 Å². The number of hydrogen-bond donors (Lipinski definition) is 2. The van der Waals surface area contributed by atoms with Gasteiger partial charge in [-0.05, 0) is 41.7 Å². The lowest BCUT2D eigenvalue weighted by Gasteiger charge is -2.38. The van der Waals surface area contributed by atoms with Gasteiger partial charge < -0.3 is 10.4 Å². The fourth-order valence-electron chi connectivity index (χ4n) is 3.86. The van der Waals surface area contributed by atoms with E-state index in [2.05, 4.69) is 17.5 Å². The minimum atomic E-state index is -0.930. The van der Waals surface area contributed by atoms with Crippen molar-refractivity contribution in [3.05, 3.63) is 75.3 Å². The number of rotatable bonds is 2. The lowest BCUT2D eigenvalue weighted by atomic mass is 9.76. The molecule has 1 heterocycles. The lowest BCUT2D eigenvalue weighted by molar-refractivity contribution is 0.0697. The Morgan fingerprint density at radius 3 is 2.75 bits per heavy atom. The zero-order valence-corrected chi connectivity index (χ0v) is 14.2. The van der Waals surface area contributed by atoms with E-state index in [-0.39, 0.29) is 12.0 Å². The molecule has 4 rings (SSSR count). The van der Waals surface area contributed by atoms with Crippen LogP contribution in [0.1, 0.15) is 39.9 Å². The van der Waals surface area contributed by atoms with Crippen LogP contribution in [0.15, 0.2) is 48.6 Å². The molecule has 2 N–H and O–H groups in total. The van der Waals surface area contributed by atoms with E-state index in [4.69, 9.17) is 23.2 Å². The van der Waals surface area contributed by atoms with Gasteiger partial charge in [0.15, 0.2) is 0 Å². The molecule has 24 heavy (non-hydrogen) atoms. The van der Waals surface area contributed by atoms with Gasteiger partial charge in [-0.3, -0.25) is 0 Å². The summed E-state index contributed by atoms with van der Waals surface area (Å²) in [7, 11) is 0. The molecule has 0 saturated heterocycles. The molecule has 0 radical (unpaired) electrons. The largest absolute Gasteiger partial charge is 0.478 e. The van der Waals surface area contributed by atoms with Gasteiger partial charge in [0, 0.05) is 16.0 Å². The van der Waals surface area contributed by atoms with Crippen LogP contribution in [0.5, 0.6) is 0 Å². The van der Waals surface area contributed by atoms with E-state index < -0.39 is 5.97 Å². The number of benzene rings is 2. The minimum absolute atomic E-state index is 0.0530. The Hall–Kier alpha value is -1.97. The molecule has 3 nitrogen and oxygen atoms in total. The monoisotopic (exact) mass is 359 g/mol. The van der Waals surface area contributed by atoms with Gasteiger partial charge in [-0.15, -0.1) is 0 Å². The van der Waals surface area contributed by atoms with Gasteiger partial charge >= 0.3 is 5.97 Å². The maximum atomic E-state index is 11.6. The Morgan fingerprint density at radius 2 is 2.00 bits per heavy atom. The molecule has 1 aliphatic heterocycles. The molecule has 2 aliphatic rings. The first-order valence-corrected chi connectivity index (χ1v) is 8.56. The molecule has 3 atom stereocenters. The molecule has 0 bridgehead atoms. The second-order valence-electron chi connectivity index (χ2n) is 6.22. The summed E-state index contributed by atoms with van der Waals surface area (Å²) in [6, 6.07) is 10.9. The van der Waals surface area contributed by atoms with E-state index in [1.807, 2.05) is 24.3 Å². The van der Waals surface area contributed by atoms with E-state index in [1.54, 1.807) is 12.1 Å². The van der Waals surface area contributed by atoms with Crippen molar-refractivity contribution in [2.75, 3.05) is 5.32 Å². The van der Waals surface area contributed by atoms with Crippen LogP contribution < -0.4 is 5.32 Å². The number of para-hydroxylation sites is 1. The first-order chi connectivity index (χ1) is 11.6. The Morgan fingerprint density at radius 1 is 1.17 bits per heavy atom. The highest BCUT2D eigenvalue weighted by atomic mass is 35.5. The molecule has 3 unspecified atom stereocenters. The topological polar surface area (TPSA) is 49.3 Å². The molecular formula is C19H15Cl2NO2. The number of carboxylic acids is 1. The van der Waals surface area contributed by atoms with Crippen molar-refractivity contribution in [2.24, 2.45) is 5.92 Å². The molecule has 0 saturated carbocycles. The molecule has 0 spiro atoms. The van der Waals surface area contributed by atoms with Crippen LogP contribution in [0.25, 0.3) is 0 Å². The van der Waals surface area contributed by atoms with Crippen LogP contribution in [0.3, 0.4) is 0 Å². The van der Waals surface area contributed by atoms with E-state index in [0.29, 0.717) is 27.2 Å². The Kier molecular flexibility index (Phi) is 3.78. The molecule has 0 fully saturated rings. The summed E-state index contributed by atoms with van der Waals surface area (Å²) in [5.74, 6) is -0.432.